The minimum Gasteiger partial charge on any atom is -0.394 e. The molecule has 0 aliphatic heterocycles. The van der Waals surface area contributed by atoms with Gasteiger partial charge in [0.25, 0.3) is 0 Å². The first kappa shape index (κ1) is 15.3. The number of hydrogen-bond acceptors (Lipinski definition) is 4. The molecular weight excluding hydrogens is 246 g/mol. The molecule has 0 unspecified atom stereocenters. The average molecular weight is 265 g/mol. The smallest absolute Gasteiger partial charge is 0.220 e. The van der Waals surface area contributed by atoms with Gasteiger partial charge in [0.1, 0.15) is 0 Å². The predicted octanol–water partition coefficient (Wildman–Crippen LogP) is 0.775. The number of ether oxygens (including phenoxy) is 1. The third kappa shape index (κ3) is 6.69. The molecule has 0 radical (unpaired) electrons. The minimum atomic E-state index is -0.170. The fraction of sp³-hybridized carbons (Fsp3) is 0.429. The molecule has 0 fully saturated rings. The Morgan fingerprint density at radius 2 is 1.84 bits per heavy atom. The van der Waals surface area contributed by atoms with Gasteiger partial charge < -0.3 is 15.2 Å². The zero-order valence-corrected chi connectivity index (χ0v) is 10.8. The van der Waals surface area contributed by atoms with Gasteiger partial charge in [0.05, 0.1) is 19.8 Å². The summed E-state index contributed by atoms with van der Waals surface area (Å²) in [5.41, 5.74) is 0.626. The second kappa shape index (κ2) is 9.24. The van der Waals surface area contributed by atoms with Crippen LogP contribution in [0.3, 0.4) is 0 Å². The number of aliphatic hydroxyl groups is 1. The molecule has 0 aliphatic carbocycles. The van der Waals surface area contributed by atoms with Gasteiger partial charge in [-0.2, -0.15) is 0 Å². The van der Waals surface area contributed by atoms with Crippen molar-refractivity contribution >= 4 is 11.7 Å². The van der Waals surface area contributed by atoms with Gasteiger partial charge >= 0.3 is 0 Å². The number of amides is 1. The first-order chi connectivity index (χ1) is 9.24. The number of carbonyl (C=O) groups is 2. The summed E-state index contributed by atoms with van der Waals surface area (Å²) in [6, 6.07) is 8.92. The topological polar surface area (TPSA) is 75.6 Å². The number of carbonyl (C=O) groups excluding carboxylic acids is 2. The van der Waals surface area contributed by atoms with Crippen molar-refractivity contribution in [3.05, 3.63) is 35.9 Å². The second-order valence-electron chi connectivity index (χ2n) is 3.98. The molecule has 2 N–H and O–H groups in total. The standard InChI is InChI=1S/C14H19NO4/c16-9-11-19-10-8-15-14(18)7-6-13(17)12-4-2-1-3-5-12/h1-5,16H,6-11H2,(H,15,18). The predicted molar refractivity (Wildman–Crippen MR) is 70.9 cm³/mol. The molecule has 19 heavy (non-hydrogen) atoms. The van der Waals surface area contributed by atoms with Crippen molar-refractivity contribution in [3.8, 4) is 0 Å². The molecule has 104 valence electrons. The Labute approximate surface area is 112 Å². The molecule has 0 saturated carbocycles. The summed E-state index contributed by atoms with van der Waals surface area (Å²) in [6.45, 7) is 0.985. The van der Waals surface area contributed by atoms with Gasteiger partial charge in [-0.15, -0.1) is 0 Å². The number of Topliss-reactive ketones (excluding diaryl/α,β-unsaturated/α-hetero) is 1. The Hall–Kier alpha value is -1.72. The van der Waals surface area contributed by atoms with E-state index >= 15 is 0 Å². The molecular formula is C14H19NO4. The fourth-order valence-corrected chi connectivity index (χ4v) is 1.51. The van der Waals surface area contributed by atoms with Crippen LogP contribution in [-0.4, -0.2) is 43.2 Å². The molecule has 1 amide bonds. The Morgan fingerprint density at radius 3 is 2.53 bits per heavy atom. The summed E-state index contributed by atoms with van der Waals surface area (Å²) in [4.78, 5) is 23.2. The van der Waals surface area contributed by atoms with E-state index in [1.807, 2.05) is 6.07 Å². The molecule has 0 bridgehead atoms. The van der Waals surface area contributed by atoms with Crippen LogP contribution in [0, 0.1) is 0 Å². The van der Waals surface area contributed by atoms with Crippen LogP contribution in [0.1, 0.15) is 23.2 Å². The van der Waals surface area contributed by atoms with Crippen LogP contribution >= 0.6 is 0 Å². The maximum absolute atomic E-state index is 11.7. The van der Waals surface area contributed by atoms with E-state index in [9.17, 15) is 9.59 Å². The second-order valence-corrected chi connectivity index (χ2v) is 3.98. The van der Waals surface area contributed by atoms with Crippen LogP contribution in [0.5, 0.6) is 0 Å². The van der Waals surface area contributed by atoms with Crippen molar-refractivity contribution in [2.75, 3.05) is 26.4 Å². The van der Waals surface area contributed by atoms with Crippen LogP contribution < -0.4 is 5.32 Å². The van der Waals surface area contributed by atoms with Crippen molar-refractivity contribution < 1.29 is 19.4 Å². The summed E-state index contributed by atoms with van der Waals surface area (Å²) in [5.74, 6) is -0.204. The van der Waals surface area contributed by atoms with Gasteiger partial charge in [-0.25, -0.2) is 0 Å². The lowest BCUT2D eigenvalue weighted by atomic mass is 10.1. The van der Waals surface area contributed by atoms with Gasteiger partial charge in [-0.05, 0) is 0 Å². The molecule has 0 spiro atoms. The van der Waals surface area contributed by atoms with E-state index < -0.39 is 0 Å². The van der Waals surface area contributed by atoms with E-state index in [1.54, 1.807) is 24.3 Å². The van der Waals surface area contributed by atoms with Gasteiger partial charge in [-0.3, -0.25) is 9.59 Å². The fourth-order valence-electron chi connectivity index (χ4n) is 1.51. The van der Waals surface area contributed by atoms with Crippen LogP contribution in [-0.2, 0) is 9.53 Å². The Morgan fingerprint density at radius 1 is 1.11 bits per heavy atom. The van der Waals surface area contributed by atoms with Crippen LogP contribution in [0.25, 0.3) is 0 Å². The summed E-state index contributed by atoms with van der Waals surface area (Å²) in [5, 5.41) is 11.1. The molecule has 5 nitrogen and oxygen atoms in total. The summed E-state index contributed by atoms with van der Waals surface area (Å²) >= 11 is 0. The number of benzene rings is 1. The Bertz CT molecular complexity index is 392. The molecule has 0 aliphatic rings. The highest BCUT2D eigenvalue weighted by atomic mass is 16.5. The number of nitrogens with one attached hydrogen (secondary N) is 1. The lowest BCUT2D eigenvalue weighted by Gasteiger charge is -2.05. The van der Waals surface area contributed by atoms with Gasteiger partial charge in [0.15, 0.2) is 5.78 Å². The molecule has 0 atom stereocenters. The number of aliphatic hydroxyl groups excluding tert-OH is 1. The maximum atomic E-state index is 11.7. The van der Waals surface area contributed by atoms with Gasteiger partial charge in [0.2, 0.25) is 5.91 Å². The van der Waals surface area contributed by atoms with E-state index in [-0.39, 0.29) is 37.7 Å². The minimum absolute atomic E-state index is 0.0283. The molecule has 0 aromatic heterocycles. The average Bonchev–Trinajstić information content (AvgIpc) is 2.45. The number of hydrogen-bond donors (Lipinski definition) is 2. The maximum Gasteiger partial charge on any atom is 0.220 e. The van der Waals surface area contributed by atoms with Crippen molar-refractivity contribution in [1.82, 2.24) is 5.32 Å². The summed E-state index contributed by atoms with van der Waals surface area (Å²) in [7, 11) is 0. The molecule has 0 saturated heterocycles. The first-order valence-corrected chi connectivity index (χ1v) is 6.27. The number of ketones is 1. The zero-order valence-electron chi connectivity index (χ0n) is 10.8. The lowest BCUT2D eigenvalue weighted by Crippen LogP contribution is -2.27. The normalized spacial score (nSPS) is 10.2. The van der Waals surface area contributed by atoms with Crippen molar-refractivity contribution in [2.45, 2.75) is 12.8 Å². The Kier molecular flexibility index (Phi) is 7.46. The lowest BCUT2D eigenvalue weighted by molar-refractivity contribution is -0.121. The van der Waals surface area contributed by atoms with Crippen molar-refractivity contribution in [1.29, 1.82) is 0 Å². The first-order valence-electron chi connectivity index (χ1n) is 6.27. The SMILES string of the molecule is O=C(CCC(=O)c1ccccc1)NCCOCCO. The largest absolute Gasteiger partial charge is 0.394 e. The van der Waals surface area contributed by atoms with E-state index in [2.05, 4.69) is 5.32 Å². The van der Waals surface area contributed by atoms with Crippen molar-refractivity contribution in [3.63, 3.8) is 0 Å². The molecule has 1 aromatic rings. The van der Waals surface area contributed by atoms with Gasteiger partial charge in [-0.1, -0.05) is 30.3 Å². The van der Waals surface area contributed by atoms with Crippen LogP contribution in [0.2, 0.25) is 0 Å². The third-order valence-electron chi connectivity index (χ3n) is 2.48. The monoisotopic (exact) mass is 265 g/mol. The molecule has 0 heterocycles. The zero-order chi connectivity index (χ0) is 13.9. The quantitative estimate of drug-likeness (QED) is 0.511. The van der Waals surface area contributed by atoms with E-state index in [0.29, 0.717) is 18.7 Å². The molecule has 5 heteroatoms. The van der Waals surface area contributed by atoms with Gasteiger partial charge in [0, 0.05) is 24.9 Å². The highest BCUT2D eigenvalue weighted by molar-refractivity contribution is 5.97. The van der Waals surface area contributed by atoms with Crippen molar-refractivity contribution in [2.24, 2.45) is 0 Å². The number of rotatable bonds is 9. The summed E-state index contributed by atoms with van der Waals surface area (Å²) in [6.07, 6.45) is 0.376. The summed E-state index contributed by atoms with van der Waals surface area (Å²) < 4.78 is 5.00. The van der Waals surface area contributed by atoms with E-state index in [0.717, 1.165) is 0 Å². The molecule has 1 rings (SSSR count). The third-order valence-corrected chi connectivity index (χ3v) is 2.48. The van der Waals surface area contributed by atoms with E-state index in [1.165, 1.54) is 0 Å². The Balaban J connectivity index is 2.15. The van der Waals surface area contributed by atoms with E-state index in [4.69, 9.17) is 9.84 Å². The molecule has 1 aromatic carbocycles. The highest BCUT2D eigenvalue weighted by Crippen LogP contribution is 2.04. The van der Waals surface area contributed by atoms with Crippen LogP contribution in [0.4, 0.5) is 0 Å². The van der Waals surface area contributed by atoms with Crippen LogP contribution in [0.15, 0.2) is 30.3 Å². The highest BCUT2D eigenvalue weighted by Gasteiger charge is 2.08.